The molecule has 0 bridgehead atoms. The van der Waals surface area contributed by atoms with Crippen LogP contribution < -0.4 is 14.5 Å². The number of rotatable bonds is 7. The van der Waals surface area contributed by atoms with Crippen LogP contribution in [0.5, 0.6) is 0 Å². The quantitative estimate of drug-likeness (QED) is 0.409. The first-order chi connectivity index (χ1) is 16.2. The number of hydrogen-bond acceptors (Lipinski definition) is 5. The number of amides is 1. The minimum absolute atomic E-state index is 0.0544. The van der Waals surface area contributed by atoms with Gasteiger partial charge >= 0.3 is 4.87 Å². The molecule has 4 aromatic rings. The van der Waals surface area contributed by atoms with E-state index in [0.29, 0.717) is 16.9 Å². The van der Waals surface area contributed by atoms with Crippen molar-refractivity contribution >= 4 is 48.9 Å². The Bertz CT molecular complexity index is 1530. The number of aromatic nitrogens is 1. The van der Waals surface area contributed by atoms with Crippen LogP contribution in [-0.2, 0) is 21.4 Å². The molecule has 0 saturated heterocycles. The van der Waals surface area contributed by atoms with Gasteiger partial charge in [0, 0.05) is 12.2 Å². The number of benzene rings is 3. The van der Waals surface area contributed by atoms with Crippen molar-refractivity contribution in [2.45, 2.75) is 25.3 Å². The molecule has 4 rings (SSSR count). The number of para-hydroxylation sites is 1. The molecular weight excluding hydrogens is 477 g/mol. The molecule has 1 amide bonds. The molecule has 1 aromatic heterocycles. The fourth-order valence-corrected chi connectivity index (χ4v) is 5.99. The van der Waals surface area contributed by atoms with Gasteiger partial charge in [0.1, 0.15) is 12.4 Å². The van der Waals surface area contributed by atoms with Crippen LogP contribution >= 0.6 is 11.3 Å². The molecule has 0 aliphatic carbocycles. The first kappa shape index (κ1) is 23.7. The second-order valence-electron chi connectivity index (χ2n) is 7.62. The molecule has 1 N–H and O–H groups in total. The Balaban J connectivity index is 1.66. The van der Waals surface area contributed by atoms with E-state index in [2.05, 4.69) is 5.32 Å². The Kier molecular flexibility index (Phi) is 6.54. The number of carbonyl (C=O) groups is 1. The van der Waals surface area contributed by atoms with E-state index in [1.165, 1.54) is 30.3 Å². The Hall–Kier alpha value is -3.50. The molecule has 0 aliphatic heterocycles. The van der Waals surface area contributed by atoms with E-state index in [0.717, 1.165) is 32.8 Å². The number of sulfonamides is 1. The van der Waals surface area contributed by atoms with Crippen molar-refractivity contribution in [3.8, 4) is 0 Å². The number of aryl methyl sites for hydroxylation is 2. The number of fused-ring (bicyclic) bond motifs is 1. The van der Waals surface area contributed by atoms with Crippen LogP contribution in [-0.4, -0.2) is 25.4 Å². The zero-order chi connectivity index (χ0) is 24.5. The number of nitrogens with zero attached hydrogens (tertiary/aromatic N) is 2. The number of anilines is 2. The first-order valence-electron chi connectivity index (χ1n) is 10.5. The fraction of sp³-hybridized carbons (Fsp3) is 0.167. The van der Waals surface area contributed by atoms with Crippen molar-refractivity contribution in [1.29, 1.82) is 0 Å². The highest BCUT2D eigenvalue weighted by molar-refractivity contribution is 7.92. The van der Waals surface area contributed by atoms with Crippen molar-refractivity contribution in [2.24, 2.45) is 0 Å². The van der Waals surface area contributed by atoms with Gasteiger partial charge in [0.15, 0.2) is 0 Å². The van der Waals surface area contributed by atoms with Gasteiger partial charge in [0.05, 0.1) is 20.8 Å². The summed E-state index contributed by atoms with van der Waals surface area (Å²) >= 11 is 1.06. The van der Waals surface area contributed by atoms with E-state index < -0.39 is 28.3 Å². The molecule has 0 spiro atoms. The average molecular weight is 500 g/mol. The fourth-order valence-electron chi connectivity index (χ4n) is 3.57. The molecule has 0 fully saturated rings. The molecule has 34 heavy (non-hydrogen) atoms. The van der Waals surface area contributed by atoms with Crippen molar-refractivity contribution < 1.29 is 17.6 Å². The summed E-state index contributed by atoms with van der Waals surface area (Å²) in [6, 6.07) is 16.5. The van der Waals surface area contributed by atoms with Gasteiger partial charge in [-0.05, 0) is 56.3 Å². The molecule has 176 valence electrons. The summed E-state index contributed by atoms with van der Waals surface area (Å²) in [5.41, 5.74) is 1.80. The van der Waals surface area contributed by atoms with Gasteiger partial charge in [-0.25, -0.2) is 12.8 Å². The number of carbonyl (C=O) groups excluding carboxylic acids is 1. The number of nitrogens with one attached hydrogen (secondary N) is 1. The van der Waals surface area contributed by atoms with Crippen molar-refractivity contribution in [1.82, 2.24) is 4.57 Å². The predicted molar refractivity (Wildman–Crippen MR) is 132 cm³/mol. The Labute approximate surface area is 200 Å². The average Bonchev–Trinajstić information content (AvgIpc) is 3.12. The summed E-state index contributed by atoms with van der Waals surface area (Å²) in [5, 5.41) is 2.66. The summed E-state index contributed by atoms with van der Waals surface area (Å²) in [6.07, 6.45) is 0. The van der Waals surface area contributed by atoms with Gasteiger partial charge in [-0.1, -0.05) is 41.2 Å². The maximum absolute atomic E-state index is 14.6. The monoisotopic (exact) mass is 499 g/mol. The van der Waals surface area contributed by atoms with Crippen molar-refractivity contribution in [2.75, 3.05) is 16.2 Å². The van der Waals surface area contributed by atoms with Crippen LogP contribution in [0.25, 0.3) is 10.2 Å². The highest BCUT2D eigenvalue weighted by Gasteiger charge is 2.29. The smallest absolute Gasteiger partial charge is 0.308 e. The topological polar surface area (TPSA) is 88.5 Å². The second kappa shape index (κ2) is 9.40. The maximum Gasteiger partial charge on any atom is 0.308 e. The molecule has 7 nitrogen and oxygen atoms in total. The number of halogens is 1. The number of thiazole rings is 1. The SMILES string of the molecule is CCn1c(=O)sc2cc(NC(=O)CN(c3ccccc3F)S(=O)(=O)c3ccc(C)cc3)ccc21. The predicted octanol–water partition coefficient (Wildman–Crippen LogP) is 4.36. The lowest BCUT2D eigenvalue weighted by molar-refractivity contribution is -0.114. The van der Waals surface area contributed by atoms with Crippen LogP contribution in [0, 0.1) is 12.7 Å². The molecule has 10 heteroatoms. The summed E-state index contributed by atoms with van der Waals surface area (Å²) in [5.74, 6) is -1.42. The third-order valence-corrected chi connectivity index (χ3v) is 8.00. The third kappa shape index (κ3) is 4.59. The van der Waals surface area contributed by atoms with Crippen molar-refractivity contribution in [3.63, 3.8) is 0 Å². The van der Waals surface area contributed by atoms with Gasteiger partial charge in [0.2, 0.25) is 5.91 Å². The molecule has 3 aromatic carbocycles. The van der Waals surface area contributed by atoms with E-state index >= 15 is 0 Å². The van der Waals surface area contributed by atoms with E-state index in [4.69, 9.17) is 0 Å². The van der Waals surface area contributed by atoms with Crippen molar-refractivity contribution in [3.05, 3.63) is 87.8 Å². The van der Waals surface area contributed by atoms with E-state index in [-0.39, 0.29) is 15.5 Å². The Morgan fingerprint density at radius 1 is 1.09 bits per heavy atom. The van der Waals surface area contributed by atoms with Gasteiger partial charge in [0.25, 0.3) is 10.0 Å². The van der Waals surface area contributed by atoms with E-state index in [9.17, 15) is 22.4 Å². The summed E-state index contributed by atoms with van der Waals surface area (Å²) < 4.78 is 44.4. The minimum Gasteiger partial charge on any atom is -0.324 e. The zero-order valence-corrected chi connectivity index (χ0v) is 20.1. The molecule has 0 aliphatic rings. The van der Waals surface area contributed by atoms with Crippen LogP contribution in [0.3, 0.4) is 0 Å². The summed E-state index contributed by atoms with van der Waals surface area (Å²) in [6.45, 7) is 3.58. The summed E-state index contributed by atoms with van der Waals surface area (Å²) in [7, 11) is -4.23. The highest BCUT2D eigenvalue weighted by atomic mass is 32.2. The molecule has 0 atom stereocenters. The molecule has 0 unspecified atom stereocenters. The highest BCUT2D eigenvalue weighted by Crippen LogP contribution is 2.27. The molecular formula is C24H22FN3O4S2. The van der Waals surface area contributed by atoms with Crippen LogP contribution in [0.15, 0.2) is 76.4 Å². The van der Waals surface area contributed by atoms with E-state index in [1.807, 2.05) is 13.8 Å². The standard InChI is InChI=1S/C24H22FN3O4S2/c1-3-27-21-13-10-17(14-22(21)33-24(27)30)26-23(29)15-28(20-7-5-4-6-19(20)25)34(31,32)18-11-8-16(2)9-12-18/h4-14H,3,15H2,1-2H3,(H,26,29). The first-order valence-corrected chi connectivity index (χ1v) is 12.7. The van der Waals surface area contributed by atoms with E-state index in [1.54, 1.807) is 34.9 Å². The molecule has 1 heterocycles. The van der Waals surface area contributed by atoms with Gasteiger partial charge < -0.3 is 5.32 Å². The van der Waals surface area contributed by atoms with Gasteiger partial charge in [-0.3, -0.25) is 18.5 Å². The lowest BCUT2D eigenvalue weighted by Gasteiger charge is -2.24. The maximum atomic E-state index is 14.6. The van der Waals surface area contributed by atoms with Crippen LogP contribution in [0.1, 0.15) is 12.5 Å². The zero-order valence-electron chi connectivity index (χ0n) is 18.5. The third-order valence-electron chi connectivity index (χ3n) is 5.29. The second-order valence-corrected chi connectivity index (χ2v) is 10.5. The van der Waals surface area contributed by atoms with Crippen LogP contribution in [0.2, 0.25) is 0 Å². The Morgan fingerprint density at radius 2 is 1.79 bits per heavy atom. The molecule has 0 radical (unpaired) electrons. The lowest BCUT2D eigenvalue weighted by Crippen LogP contribution is -2.38. The Morgan fingerprint density at radius 3 is 2.47 bits per heavy atom. The molecule has 0 saturated carbocycles. The van der Waals surface area contributed by atoms with Crippen LogP contribution in [0.4, 0.5) is 15.8 Å². The number of hydrogen-bond donors (Lipinski definition) is 1. The van der Waals surface area contributed by atoms with Gasteiger partial charge in [-0.2, -0.15) is 0 Å². The summed E-state index contributed by atoms with van der Waals surface area (Å²) in [4.78, 5) is 24.8. The normalized spacial score (nSPS) is 11.5. The van der Waals surface area contributed by atoms with Gasteiger partial charge in [-0.15, -0.1) is 0 Å². The largest absolute Gasteiger partial charge is 0.324 e. The lowest BCUT2D eigenvalue weighted by atomic mass is 10.2. The minimum atomic E-state index is -4.23.